The van der Waals surface area contributed by atoms with Crippen molar-refractivity contribution >= 4 is 135 Å². The smallest absolute Gasteiger partial charge is 0.297 e. The first-order chi connectivity index (χ1) is 36.9. The van der Waals surface area contributed by atoms with Crippen LogP contribution in [0.2, 0.25) is 0 Å². The monoisotopic (exact) mass is 1030 g/mol. The fourth-order valence-electron chi connectivity index (χ4n) is 17.5. The van der Waals surface area contributed by atoms with Gasteiger partial charge in [0.2, 0.25) is 0 Å². The molecular weight excluding hydrogens is 950 g/mol. The van der Waals surface area contributed by atoms with Crippen molar-refractivity contribution in [2.24, 2.45) is 0 Å². The SMILES string of the molecule is Bc1c(B)c(B)c(-c2cc3c4c(c2)N(c2ccc5c(c2)C(C)(C)CCC5(C)C)c2c(oc5cc6c(cc25)C2(C)CCC6(C)CC2)B4c2cc4c(cc2N3c2ccc3c(c2)C(C)(C)CCC3(C)C)C(C)(C)CCC4(C)C)c(B)c1B. The molecule has 0 radical (unpaired) electrons. The van der Waals surface area contributed by atoms with E-state index in [2.05, 4.69) is 219 Å². The van der Waals surface area contributed by atoms with Crippen LogP contribution >= 0.6 is 0 Å². The van der Waals surface area contributed by atoms with Crippen molar-refractivity contribution in [3.63, 3.8) is 0 Å². The molecule has 1 fully saturated rings. The second-order valence-electron chi connectivity index (χ2n) is 31.6. The Labute approximate surface area is 479 Å². The molecule has 0 spiro atoms. The molecule has 6 aliphatic carbocycles. The van der Waals surface area contributed by atoms with Gasteiger partial charge in [0, 0.05) is 33.8 Å². The Kier molecular flexibility index (Phi) is 10.6. The van der Waals surface area contributed by atoms with Crippen molar-refractivity contribution < 1.29 is 4.42 Å². The van der Waals surface area contributed by atoms with E-state index in [0.717, 1.165) is 30.5 Å². The van der Waals surface area contributed by atoms with Crippen LogP contribution in [0.1, 0.15) is 206 Å². The minimum absolute atomic E-state index is 0.0131. The van der Waals surface area contributed by atoms with Crippen LogP contribution in [0, 0.1) is 0 Å². The molecule has 1 saturated carbocycles. The Balaban J connectivity index is 1.17. The van der Waals surface area contributed by atoms with Gasteiger partial charge in [-0.3, -0.25) is 0 Å². The van der Waals surface area contributed by atoms with E-state index in [4.69, 9.17) is 4.42 Å². The molecule has 0 N–H and O–H groups in total. The zero-order chi connectivity index (χ0) is 56.0. The summed E-state index contributed by atoms with van der Waals surface area (Å²) >= 11 is 0. The third kappa shape index (κ3) is 7.04. The highest BCUT2D eigenvalue weighted by atomic mass is 16.3. The number of fused-ring (bicyclic) bond motifs is 11. The van der Waals surface area contributed by atoms with Crippen LogP contribution in [0.15, 0.2) is 77.2 Å². The summed E-state index contributed by atoms with van der Waals surface area (Å²) in [6.45, 7) is 34.9. The second kappa shape index (κ2) is 16.1. The molecule has 1 aromatic heterocycles. The Morgan fingerprint density at radius 1 is 0.392 bits per heavy atom. The van der Waals surface area contributed by atoms with Gasteiger partial charge in [-0.05, 0) is 229 Å². The second-order valence-corrected chi connectivity index (χ2v) is 31.6. The molecule has 3 heterocycles. The van der Waals surface area contributed by atoms with Gasteiger partial charge in [0.25, 0.3) is 6.71 Å². The van der Waals surface area contributed by atoms with Crippen molar-refractivity contribution in [2.45, 2.75) is 204 Å². The van der Waals surface area contributed by atoms with E-state index >= 15 is 0 Å². The molecule has 79 heavy (non-hydrogen) atoms. The van der Waals surface area contributed by atoms with E-state index in [1.807, 2.05) is 0 Å². The summed E-state index contributed by atoms with van der Waals surface area (Å²) in [5.74, 6) is 0. The summed E-state index contributed by atoms with van der Waals surface area (Å²) in [6, 6.07) is 31.2. The zero-order valence-electron chi connectivity index (χ0n) is 51.9. The van der Waals surface area contributed by atoms with Gasteiger partial charge >= 0.3 is 0 Å². The molecule has 7 aromatic rings. The highest BCUT2D eigenvalue weighted by Crippen LogP contribution is 2.60. The number of hydrogen-bond donors (Lipinski definition) is 0. The highest BCUT2D eigenvalue weighted by Gasteiger charge is 2.53. The molecule has 6 aromatic carbocycles. The van der Waals surface area contributed by atoms with Gasteiger partial charge in [0.1, 0.15) is 44.8 Å². The zero-order valence-corrected chi connectivity index (χ0v) is 51.9. The van der Waals surface area contributed by atoms with Crippen LogP contribution in [0.5, 0.6) is 0 Å². The van der Waals surface area contributed by atoms with Gasteiger partial charge < -0.3 is 14.2 Å². The summed E-state index contributed by atoms with van der Waals surface area (Å²) in [5.41, 5.74) is 34.7. The van der Waals surface area contributed by atoms with Gasteiger partial charge in [-0.2, -0.15) is 0 Å². The minimum atomic E-state index is -0.139. The fraction of sp³-hybridized carbons (Fsp3) is 0.457. The first-order valence-corrected chi connectivity index (χ1v) is 30.8. The maximum Gasteiger partial charge on any atom is 0.297 e. The van der Waals surface area contributed by atoms with Crippen LogP contribution in [0.25, 0.3) is 22.1 Å². The topological polar surface area (TPSA) is 19.6 Å². The molecule has 3 nitrogen and oxygen atoms in total. The number of anilines is 6. The normalized spacial score (nSPS) is 24.5. The highest BCUT2D eigenvalue weighted by molar-refractivity contribution is 7.00. The van der Waals surface area contributed by atoms with Crippen LogP contribution < -0.4 is 53.7 Å². The summed E-state index contributed by atoms with van der Waals surface area (Å²) in [4.78, 5) is 5.49. The lowest BCUT2D eigenvalue weighted by Crippen LogP contribution is -2.61. The third-order valence-corrected chi connectivity index (χ3v) is 24.0. The van der Waals surface area contributed by atoms with E-state index < -0.39 is 0 Å². The molecule has 8 aliphatic rings. The van der Waals surface area contributed by atoms with Crippen LogP contribution in [0.3, 0.4) is 0 Å². The fourth-order valence-corrected chi connectivity index (χ4v) is 17.5. The van der Waals surface area contributed by atoms with Crippen LogP contribution in [0.4, 0.5) is 34.1 Å². The Morgan fingerprint density at radius 3 is 1.29 bits per heavy atom. The third-order valence-electron chi connectivity index (χ3n) is 24.0. The van der Waals surface area contributed by atoms with E-state index in [1.165, 1.54) is 173 Å². The van der Waals surface area contributed by atoms with E-state index in [1.54, 1.807) is 5.56 Å². The van der Waals surface area contributed by atoms with Crippen LogP contribution in [-0.2, 0) is 43.3 Å². The Morgan fingerprint density at radius 2 is 0.797 bits per heavy atom. The minimum Gasteiger partial charge on any atom is -0.468 e. The Hall–Kier alpha value is -5.15. The molecule has 0 amide bonds. The largest absolute Gasteiger partial charge is 0.468 e. The number of hydrogen-bond acceptors (Lipinski definition) is 3. The predicted octanol–water partition coefficient (Wildman–Crippen LogP) is 8.62. The average molecular weight is 1030 g/mol. The number of furan rings is 1. The summed E-state index contributed by atoms with van der Waals surface area (Å²) < 4.78 is 7.93. The van der Waals surface area contributed by atoms with Gasteiger partial charge in [-0.15, -0.1) is 16.4 Å². The van der Waals surface area contributed by atoms with Crippen molar-refractivity contribution in [2.75, 3.05) is 9.80 Å². The maximum absolute atomic E-state index is 7.93. The molecule has 9 heteroatoms. The molecule has 0 unspecified atom stereocenters. The summed E-state index contributed by atoms with van der Waals surface area (Å²) in [5, 5.41) is 1.26. The predicted molar refractivity (Wildman–Crippen MR) is 356 cm³/mol. The molecule has 398 valence electrons. The van der Waals surface area contributed by atoms with E-state index in [0.29, 0.717) is 0 Å². The van der Waals surface area contributed by atoms with Gasteiger partial charge in [0.05, 0.1) is 11.3 Å². The van der Waals surface area contributed by atoms with Gasteiger partial charge in [0.15, 0.2) is 0 Å². The molecule has 2 bridgehead atoms. The number of benzene rings is 6. The quantitative estimate of drug-likeness (QED) is 0.166. The lowest BCUT2D eigenvalue weighted by Gasteiger charge is -2.52. The molecule has 0 saturated heterocycles. The standard InChI is InChI=1S/C70H84B6N2O/c1-63(2)19-21-65(5,6)43-31-38(15-17-41(43)63)77-50-35-46-45(67(9,10)23-24-68(46,11)12)34-49(50)76-60-51(77)29-37(54-55(71)57(73)59(75)58(74)56(54)72)30-52(60)78(39-16-18-42-44(32-39)66(7,8)22-20-64(42,3)4)61-40-33-47-48(36-53(40)79-62(61)76)70(14)27-25-69(47,13)26-28-70/h15-18,29-36H,19-28,71-75H2,1-14H3. The van der Waals surface area contributed by atoms with E-state index in [9.17, 15) is 0 Å². The number of nitrogens with zero attached hydrogens (tertiary/aromatic N) is 2. The molecule has 2 aliphatic heterocycles. The first-order valence-electron chi connectivity index (χ1n) is 30.8. The van der Waals surface area contributed by atoms with Crippen molar-refractivity contribution in [1.82, 2.24) is 0 Å². The van der Waals surface area contributed by atoms with Crippen molar-refractivity contribution in [3.05, 3.63) is 117 Å². The van der Waals surface area contributed by atoms with Crippen LogP contribution in [-0.4, -0.2) is 45.9 Å². The summed E-state index contributed by atoms with van der Waals surface area (Å²) in [7, 11) is 11.8. The Bertz CT molecular complexity index is 3850. The number of rotatable bonds is 3. The average Bonchev–Trinajstić information content (AvgIpc) is 3.01. The molecule has 0 atom stereocenters. The molecular formula is C70H84B6N2O. The molecule has 15 rings (SSSR count). The summed E-state index contributed by atoms with van der Waals surface area (Å²) in [6.07, 6.45) is 12.0. The van der Waals surface area contributed by atoms with Gasteiger partial charge in [-0.1, -0.05) is 126 Å². The van der Waals surface area contributed by atoms with Crippen molar-refractivity contribution in [1.29, 1.82) is 0 Å². The lowest BCUT2D eigenvalue weighted by molar-refractivity contribution is 0.188. The first kappa shape index (κ1) is 52.0. The van der Waals surface area contributed by atoms with Gasteiger partial charge in [-0.25, -0.2) is 0 Å². The lowest BCUT2D eigenvalue weighted by atomic mass is 9.35. The maximum atomic E-state index is 7.93. The van der Waals surface area contributed by atoms with E-state index in [-0.39, 0.29) is 50.0 Å². The van der Waals surface area contributed by atoms with Crippen molar-refractivity contribution in [3.8, 4) is 11.1 Å².